The number of nitrogens with zero attached hydrogens (tertiary/aromatic N) is 24. The van der Waals surface area contributed by atoms with E-state index in [9.17, 15) is 42.1 Å². The fraction of sp³-hybridized carbons (Fsp3) is 0. The molecule has 28 aromatic rings. The molecular formula is C120H64N24. The molecule has 0 N–H and O–H groups in total. The maximum absolute atomic E-state index is 10.0. The van der Waals surface area contributed by atoms with Gasteiger partial charge >= 0.3 is 0 Å². The molecule has 0 saturated heterocycles. The summed E-state index contributed by atoms with van der Waals surface area (Å²) < 4.78 is 17.0. The van der Waals surface area contributed by atoms with Crippen LogP contribution in [0.25, 0.3) is 220 Å². The molecule has 0 radical (unpaired) electrons. The second-order valence-corrected chi connectivity index (χ2v) is 34.5. The van der Waals surface area contributed by atoms with E-state index in [0.29, 0.717) is 45.0 Å². The van der Waals surface area contributed by atoms with Crippen molar-refractivity contribution in [1.29, 1.82) is 42.1 Å². The predicted molar refractivity (Wildman–Crippen MR) is 561 cm³/mol. The second-order valence-electron chi connectivity index (χ2n) is 34.5. The van der Waals surface area contributed by atoms with Crippen molar-refractivity contribution in [3.8, 4) is 94.3 Å². The first kappa shape index (κ1) is 83.9. The van der Waals surface area contributed by atoms with Gasteiger partial charge in [-0.2, -0.15) is 42.1 Å². The standard InChI is InChI=1S/C31H15N7.C31H17N5.C29H15N7.C29H17N5/c32-14-19-9-22(37-28-7-3-1-5-24(28)26-11-20(15-33)35-17-30(26)37)13-23(10-19)38-29-8-4-2-6-25(29)27-12-21(16-34)36-18-31(27)38;32-17-20-9-10-30-27(15-20)25-6-2-4-8-29(25)35(30)22-13-21(18-33)14-23(16-22)36-28-7-3-1-5-24(28)26-11-12-34-19-31(26)36;30-14-18-12-22-20-6-1-3-8-24(20)35(26(22)16-32-18)28-10-5-11-29(34-28)36-25-9-4-2-7-21(25)23-13-19(15-31)33-17-27(23)36;30-16-19-13-20(33-26-7-3-1-5-22(26)24-9-11-31-17-28(24)33)15-21(14-19)34-27-8-4-2-6-23(27)25-10-12-32-18-29(25)34/h1-13,17-18H;1-16,19H;1-13,16-17H;1-15,17-18H. The highest BCUT2D eigenvalue weighted by Crippen LogP contribution is 2.44. The molecule has 0 fully saturated rings. The van der Waals surface area contributed by atoms with Gasteiger partial charge in [0.25, 0.3) is 0 Å². The van der Waals surface area contributed by atoms with Crippen LogP contribution in [0.15, 0.2) is 390 Å². The van der Waals surface area contributed by atoms with Crippen molar-refractivity contribution in [2.75, 3.05) is 0 Å². The normalized spacial score (nSPS) is 11.3. The largest absolute Gasteiger partial charge is 0.309 e. The lowest BCUT2D eigenvalue weighted by Gasteiger charge is -2.13. The predicted octanol–water partition coefficient (Wildman–Crippen LogP) is 25.7. The van der Waals surface area contributed by atoms with Gasteiger partial charge in [-0.15, -0.1) is 0 Å². The van der Waals surface area contributed by atoms with E-state index < -0.39 is 0 Å². The summed E-state index contributed by atoms with van der Waals surface area (Å²) in [5, 5.41) is 93.7. The summed E-state index contributed by atoms with van der Waals surface area (Å²) in [6, 6.07) is 126. The van der Waals surface area contributed by atoms with E-state index >= 15 is 0 Å². The van der Waals surface area contributed by atoms with E-state index in [2.05, 4.69) is 193 Å². The molecule has 0 aliphatic heterocycles. The van der Waals surface area contributed by atoms with Crippen LogP contribution < -0.4 is 0 Å². The molecule has 0 aliphatic carbocycles. The van der Waals surface area contributed by atoms with E-state index in [1.807, 2.05) is 280 Å². The fourth-order valence-corrected chi connectivity index (χ4v) is 20.8. The van der Waals surface area contributed by atoms with Gasteiger partial charge in [-0.25, -0.2) is 24.9 Å². The molecule has 0 saturated carbocycles. The Bertz CT molecular complexity index is 10200. The van der Waals surface area contributed by atoms with Crippen molar-refractivity contribution in [3.63, 3.8) is 0 Å². The fourth-order valence-electron chi connectivity index (χ4n) is 20.8. The molecule has 24 nitrogen and oxygen atoms in total. The molecule has 16 aromatic heterocycles. The third-order valence-corrected chi connectivity index (χ3v) is 26.7. The van der Waals surface area contributed by atoms with Crippen molar-refractivity contribution in [2.24, 2.45) is 0 Å². The SMILES string of the molecule is N#Cc1cc(-n2c3ccccc3c3cc(C#N)ccc32)cc(-n2c3ccccc3c3ccncc32)c1.N#Cc1cc(-n2c3ccccc3c3cc(C#N)ncc32)cc(-n2c3ccccc3c3cc(C#N)ncc32)c1.N#Cc1cc(-n2c3ccccc3c3ccncc32)cc(-n2c3ccccc3c3ccncc32)c1.N#Cc1cc2c3ccccc3n(-c3cccc(-n4c5ccccc5c5cc(C#N)ncc54)n3)c2cn1. The first-order chi connectivity index (χ1) is 71.1. The van der Waals surface area contributed by atoms with Crippen LogP contribution in [0, 0.1) is 90.6 Å². The van der Waals surface area contributed by atoms with Crippen molar-refractivity contribution < 1.29 is 0 Å². The summed E-state index contributed by atoms with van der Waals surface area (Å²) >= 11 is 0. The van der Waals surface area contributed by atoms with Crippen molar-refractivity contribution in [2.45, 2.75) is 0 Å². The minimum atomic E-state index is 0.349. The highest BCUT2D eigenvalue weighted by molar-refractivity contribution is 6.16. The van der Waals surface area contributed by atoms with E-state index in [4.69, 9.17) is 4.98 Å². The first-order valence-corrected chi connectivity index (χ1v) is 45.8. The van der Waals surface area contributed by atoms with Gasteiger partial charge in [-0.05, 0) is 176 Å². The van der Waals surface area contributed by atoms with E-state index in [1.165, 1.54) is 0 Å². The van der Waals surface area contributed by atoms with Gasteiger partial charge in [-0.3, -0.25) is 24.1 Å². The summed E-state index contributed by atoms with van der Waals surface area (Å²) in [4.78, 5) is 35.6. The zero-order valence-corrected chi connectivity index (χ0v) is 75.7. The number of nitriles is 8. The Hall–Kier alpha value is -21.8. The molecule has 28 rings (SSSR count). The van der Waals surface area contributed by atoms with Gasteiger partial charge in [0.1, 0.15) is 58.7 Å². The molecule has 144 heavy (non-hydrogen) atoms. The van der Waals surface area contributed by atoms with E-state index in [1.54, 1.807) is 36.9 Å². The Morgan fingerprint density at radius 2 is 0.375 bits per heavy atom. The van der Waals surface area contributed by atoms with E-state index in [-0.39, 0.29) is 0 Å². The molecule has 0 atom stereocenters. The van der Waals surface area contributed by atoms with Crippen LogP contribution in [-0.2, 0) is 0 Å². The number of para-hydroxylation sites is 8. The van der Waals surface area contributed by atoms with Gasteiger partial charge < -0.3 is 27.4 Å². The Balaban J connectivity index is 0.000000101. The Kier molecular flexibility index (Phi) is 19.9. The minimum absolute atomic E-state index is 0.349. The number of benzene rings is 12. The van der Waals surface area contributed by atoms with Crippen LogP contribution in [0.4, 0.5) is 0 Å². The zero-order valence-electron chi connectivity index (χ0n) is 75.7. The highest BCUT2D eigenvalue weighted by atomic mass is 15.1. The summed E-state index contributed by atoms with van der Waals surface area (Å²) in [6.07, 6.45) is 18.0. The average Bonchev–Trinajstić information content (AvgIpc) is 1.59. The Morgan fingerprint density at radius 1 is 0.160 bits per heavy atom. The number of fused-ring (bicyclic) bond motifs is 24. The van der Waals surface area contributed by atoms with Crippen LogP contribution in [0.5, 0.6) is 0 Å². The lowest BCUT2D eigenvalue weighted by molar-refractivity contribution is 1.01. The lowest BCUT2D eigenvalue weighted by Crippen LogP contribution is -2.03. The van der Waals surface area contributed by atoms with Crippen molar-refractivity contribution in [1.82, 2.24) is 76.4 Å². The molecule has 0 bridgehead atoms. The topological polar surface area (TPSA) is 333 Å². The minimum Gasteiger partial charge on any atom is -0.309 e. The molecule has 0 amide bonds. The Labute approximate surface area is 816 Å². The monoisotopic (exact) mass is 1840 g/mol. The second kappa shape index (κ2) is 34.2. The van der Waals surface area contributed by atoms with Crippen LogP contribution in [-0.4, -0.2) is 76.4 Å². The van der Waals surface area contributed by atoms with Crippen molar-refractivity contribution >= 4 is 174 Å². The lowest BCUT2D eigenvalue weighted by atomic mass is 10.1. The molecule has 24 heteroatoms. The van der Waals surface area contributed by atoms with Crippen LogP contribution in [0.3, 0.4) is 0 Å². The third-order valence-electron chi connectivity index (χ3n) is 26.7. The molecule has 16 heterocycles. The first-order valence-electron chi connectivity index (χ1n) is 45.8. The van der Waals surface area contributed by atoms with E-state index in [0.717, 1.165) is 220 Å². The summed E-state index contributed by atoms with van der Waals surface area (Å²) in [5.41, 5.74) is 24.5. The maximum Gasteiger partial charge on any atom is 0.141 e. The van der Waals surface area contributed by atoms with Gasteiger partial charge in [0.05, 0.1) is 178 Å². The molecular weight excluding hydrogens is 1780 g/mol. The maximum atomic E-state index is 10.0. The molecule has 12 aromatic carbocycles. The summed E-state index contributed by atoms with van der Waals surface area (Å²) in [6.45, 7) is 0. The molecule has 0 spiro atoms. The number of aromatic nitrogens is 16. The van der Waals surface area contributed by atoms with Crippen molar-refractivity contribution in [3.05, 3.63) is 435 Å². The summed E-state index contributed by atoms with van der Waals surface area (Å²) in [5.74, 6) is 1.47. The van der Waals surface area contributed by atoms with Crippen LogP contribution in [0.1, 0.15) is 45.0 Å². The van der Waals surface area contributed by atoms with Crippen LogP contribution in [0.2, 0.25) is 0 Å². The number of hydrogen-bond acceptors (Lipinski definition) is 16. The van der Waals surface area contributed by atoms with Crippen LogP contribution >= 0.6 is 0 Å². The van der Waals surface area contributed by atoms with Gasteiger partial charge in [0.15, 0.2) is 0 Å². The quantitative estimate of drug-likeness (QED) is 0.136. The third kappa shape index (κ3) is 13.6. The Morgan fingerprint density at radius 3 is 0.639 bits per heavy atom. The number of rotatable bonds is 8. The smallest absolute Gasteiger partial charge is 0.141 e. The molecule has 664 valence electrons. The number of pyridine rings is 8. The molecule has 0 aliphatic rings. The number of hydrogen-bond donors (Lipinski definition) is 0. The average molecular weight is 1840 g/mol. The highest BCUT2D eigenvalue weighted by Gasteiger charge is 2.26. The summed E-state index contributed by atoms with van der Waals surface area (Å²) in [7, 11) is 0. The molecule has 0 unspecified atom stereocenters. The van der Waals surface area contributed by atoms with Gasteiger partial charge in [0, 0.05) is 139 Å². The van der Waals surface area contributed by atoms with Gasteiger partial charge in [-0.1, -0.05) is 152 Å². The zero-order chi connectivity index (χ0) is 96.9. The van der Waals surface area contributed by atoms with Gasteiger partial charge in [0.2, 0.25) is 0 Å².